The van der Waals surface area contributed by atoms with Gasteiger partial charge in [-0.15, -0.1) is 0 Å². The first kappa shape index (κ1) is 6.22. The maximum atomic E-state index is 9.14. The van der Waals surface area contributed by atoms with E-state index < -0.39 is 0 Å². The zero-order chi connectivity index (χ0) is 7.84. The molecule has 2 aromatic heterocycles. The van der Waals surface area contributed by atoms with Crippen LogP contribution in [0.3, 0.4) is 0 Å². The summed E-state index contributed by atoms with van der Waals surface area (Å²) >= 11 is 0. The molecule has 0 atom stereocenters. The van der Waals surface area contributed by atoms with Crippen molar-refractivity contribution in [1.82, 2.24) is 4.98 Å². The van der Waals surface area contributed by atoms with Gasteiger partial charge in [-0.05, 0) is 13.0 Å². The minimum absolute atomic E-state index is 0.0366. The van der Waals surface area contributed by atoms with E-state index in [-0.39, 0.29) is 5.95 Å². The molecule has 1 N–H and O–H groups in total. The molecule has 2 heterocycles. The summed E-state index contributed by atoms with van der Waals surface area (Å²) in [6, 6.07) is 1.79. The Labute approximate surface area is 63.3 Å². The topological polar surface area (TPSA) is 46.3 Å². The Morgan fingerprint density at radius 1 is 1.55 bits per heavy atom. The number of aromatic hydroxyl groups is 1. The summed E-state index contributed by atoms with van der Waals surface area (Å²) < 4.78 is 4.79. The van der Waals surface area contributed by atoms with Crippen LogP contribution in [-0.2, 0) is 0 Å². The Morgan fingerprint density at radius 3 is 3.18 bits per heavy atom. The fourth-order valence-electron chi connectivity index (χ4n) is 1.03. The molecule has 0 fully saturated rings. The van der Waals surface area contributed by atoms with Gasteiger partial charge in [-0.2, -0.15) is 0 Å². The molecule has 2 aromatic rings. The second-order valence-electron chi connectivity index (χ2n) is 2.45. The van der Waals surface area contributed by atoms with Crippen LogP contribution in [0.1, 0.15) is 5.69 Å². The Balaban J connectivity index is 2.87. The minimum Gasteiger partial charge on any atom is -0.480 e. The molecule has 2 rings (SSSR count). The molecule has 0 saturated carbocycles. The van der Waals surface area contributed by atoms with Gasteiger partial charge in [-0.25, -0.2) is 0 Å². The van der Waals surface area contributed by atoms with Crippen LogP contribution < -0.4 is 0 Å². The lowest BCUT2D eigenvalue weighted by Crippen LogP contribution is -1.76. The predicted molar refractivity (Wildman–Crippen MR) is 40.4 cm³/mol. The number of furan rings is 1. The van der Waals surface area contributed by atoms with Crippen LogP contribution in [0.2, 0.25) is 0 Å². The summed E-state index contributed by atoms with van der Waals surface area (Å²) in [6.07, 6.45) is 3.16. The first-order chi connectivity index (χ1) is 5.27. The number of rotatable bonds is 0. The van der Waals surface area contributed by atoms with E-state index in [1.807, 2.05) is 6.92 Å². The maximum Gasteiger partial charge on any atom is 0.290 e. The highest BCUT2D eigenvalue weighted by atomic mass is 16.5. The van der Waals surface area contributed by atoms with Crippen LogP contribution in [0, 0.1) is 6.92 Å². The van der Waals surface area contributed by atoms with Crippen LogP contribution in [0.25, 0.3) is 10.8 Å². The molecule has 0 unspecified atom stereocenters. The number of aryl methyl sites for hydroxylation is 1. The van der Waals surface area contributed by atoms with Crippen molar-refractivity contribution in [2.45, 2.75) is 6.92 Å². The first-order valence-corrected chi connectivity index (χ1v) is 3.30. The molecule has 0 aliphatic carbocycles. The van der Waals surface area contributed by atoms with Crippen molar-refractivity contribution in [2.75, 3.05) is 0 Å². The summed E-state index contributed by atoms with van der Waals surface area (Å²) in [5, 5.41) is 10.7. The first-order valence-electron chi connectivity index (χ1n) is 3.30. The van der Waals surface area contributed by atoms with E-state index in [1.165, 1.54) is 6.26 Å². The lowest BCUT2D eigenvalue weighted by molar-refractivity contribution is 0.338. The van der Waals surface area contributed by atoms with Gasteiger partial charge in [-0.1, -0.05) is 0 Å². The fraction of sp³-hybridized carbons (Fsp3) is 0.125. The van der Waals surface area contributed by atoms with Gasteiger partial charge >= 0.3 is 0 Å². The van der Waals surface area contributed by atoms with E-state index in [1.54, 1.807) is 12.3 Å². The van der Waals surface area contributed by atoms with Gasteiger partial charge in [-0.3, -0.25) is 4.98 Å². The Hall–Kier alpha value is -1.51. The van der Waals surface area contributed by atoms with Crippen molar-refractivity contribution < 1.29 is 9.52 Å². The number of nitrogens with zero attached hydrogens (tertiary/aromatic N) is 1. The lowest BCUT2D eigenvalue weighted by atomic mass is 10.2. The molecule has 0 amide bonds. The van der Waals surface area contributed by atoms with Crippen LogP contribution in [-0.4, -0.2) is 10.1 Å². The third-order valence-corrected chi connectivity index (χ3v) is 1.60. The van der Waals surface area contributed by atoms with Crippen molar-refractivity contribution in [2.24, 2.45) is 0 Å². The van der Waals surface area contributed by atoms with Gasteiger partial charge in [0.1, 0.15) is 6.26 Å². The van der Waals surface area contributed by atoms with Gasteiger partial charge in [0.25, 0.3) is 5.95 Å². The molecule has 0 aromatic carbocycles. The van der Waals surface area contributed by atoms with Crippen LogP contribution >= 0.6 is 0 Å². The van der Waals surface area contributed by atoms with Crippen molar-refractivity contribution in [1.29, 1.82) is 0 Å². The molecular weight excluding hydrogens is 142 g/mol. The third-order valence-electron chi connectivity index (χ3n) is 1.60. The van der Waals surface area contributed by atoms with Crippen LogP contribution in [0.5, 0.6) is 5.95 Å². The highest BCUT2D eigenvalue weighted by Gasteiger charge is 2.03. The number of hydrogen-bond donors (Lipinski definition) is 1. The standard InChI is InChI=1S/C8H7NO2/c1-5-2-7-6(3-9-5)4-11-8(7)10/h2-4,10H,1H3. The van der Waals surface area contributed by atoms with E-state index in [9.17, 15) is 0 Å². The average molecular weight is 149 g/mol. The molecule has 3 nitrogen and oxygen atoms in total. The zero-order valence-electron chi connectivity index (χ0n) is 6.03. The quantitative estimate of drug-likeness (QED) is 0.621. The zero-order valence-corrected chi connectivity index (χ0v) is 6.03. The van der Waals surface area contributed by atoms with Gasteiger partial charge in [0.15, 0.2) is 0 Å². The molecular formula is C8H7NO2. The van der Waals surface area contributed by atoms with Gasteiger partial charge in [0, 0.05) is 17.3 Å². The Morgan fingerprint density at radius 2 is 2.36 bits per heavy atom. The number of fused-ring (bicyclic) bond motifs is 1. The number of hydrogen-bond acceptors (Lipinski definition) is 3. The summed E-state index contributed by atoms with van der Waals surface area (Å²) in [5.74, 6) is -0.0366. The third kappa shape index (κ3) is 0.852. The summed E-state index contributed by atoms with van der Waals surface area (Å²) in [6.45, 7) is 1.87. The Kier molecular flexibility index (Phi) is 1.12. The SMILES string of the molecule is Cc1cc2c(O)occ2cn1. The largest absolute Gasteiger partial charge is 0.480 e. The van der Waals surface area contributed by atoms with Crippen molar-refractivity contribution in [3.63, 3.8) is 0 Å². The van der Waals surface area contributed by atoms with Gasteiger partial charge in [0.05, 0.1) is 5.39 Å². The van der Waals surface area contributed by atoms with E-state index in [0.29, 0.717) is 0 Å². The van der Waals surface area contributed by atoms with E-state index in [0.717, 1.165) is 16.5 Å². The molecule has 0 aliphatic rings. The number of aromatic nitrogens is 1. The average Bonchev–Trinajstić information content (AvgIpc) is 2.33. The van der Waals surface area contributed by atoms with E-state index in [4.69, 9.17) is 9.52 Å². The second kappa shape index (κ2) is 1.99. The molecule has 0 radical (unpaired) electrons. The molecule has 0 aliphatic heterocycles. The summed E-state index contributed by atoms with van der Waals surface area (Å²) in [7, 11) is 0. The minimum atomic E-state index is -0.0366. The molecule has 11 heavy (non-hydrogen) atoms. The normalized spacial score (nSPS) is 10.6. The Bertz CT molecular complexity index is 392. The number of pyridine rings is 1. The summed E-state index contributed by atoms with van der Waals surface area (Å²) in [5.41, 5.74) is 0.870. The molecule has 3 heteroatoms. The van der Waals surface area contributed by atoms with Crippen LogP contribution in [0.15, 0.2) is 22.9 Å². The maximum absolute atomic E-state index is 9.14. The predicted octanol–water partition coefficient (Wildman–Crippen LogP) is 1.84. The van der Waals surface area contributed by atoms with Crippen molar-refractivity contribution in [3.05, 3.63) is 24.2 Å². The van der Waals surface area contributed by atoms with Crippen molar-refractivity contribution >= 4 is 10.8 Å². The summed E-state index contributed by atoms with van der Waals surface area (Å²) in [4.78, 5) is 4.05. The van der Waals surface area contributed by atoms with Gasteiger partial charge in [0.2, 0.25) is 0 Å². The second-order valence-corrected chi connectivity index (χ2v) is 2.45. The van der Waals surface area contributed by atoms with Gasteiger partial charge < -0.3 is 9.52 Å². The fourth-order valence-corrected chi connectivity index (χ4v) is 1.03. The van der Waals surface area contributed by atoms with E-state index >= 15 is 0 Å². The molecule has 0 spiro atoms. The monoisotopic (exact) mass is 149 g/mol. The molecule has 0 bridgehead atoms. The highest BCUT2D eigenvalue weighted by Crippen LogP contribution is 2.25. The lowest BCUT2D eigenvalue weighted by Gasteiger charge is -1.89. The molecule has 0 saturated heterocycles. The highest BCUT2D eigenvalue weighted by molar-refractivity contribution is 5.85. The van der Waals surface area contributed by atoms with Crippen molar-refractivity contribution in [3.8, 4) is 5.95 Å². The van der Waals surface area contributed by atoms with E-state index in [2.05, 4.69) is 4.98 Å². The van der Waals surface area contributed by atoms with Crippen LogP contribution in [0.4, 0.5) is 0 Å². The molecule has 56 valence electrons. The smallest absolute Gasteiger partial charge is 0.290 e.